The summed E-state index contributed by atoms with van der Waals surface area (Å²) in [5.41, 5.74) is 2.00. The van der Waals surface area contributed by atoms with Crippen LogP contribution in [0.25, 0.3) is 0 Å². The minimum Gasteiger partial charge on any atom is -0.294 e. The summed E-state index contributed by atoms with van der Waals surface area (Å²) in [5.74, 6) is 1.75. The van der Waals surface area contributed by atoms with Crippen molar-refractivity contribution in [2.75, 3.05) is 6.54 Å². The zero-order valence-corrected chi connectivity index (χ0v) is 6.31. The Bertz CT molecular complexity index is 179. The fraction of sp³-hybridized carbons (Fsp3) is 0.875. The van der Waals surface area contributed by atoms with Gasteiger partial charge in [0.15, 0.2) is 0 Å². The van der Waals surface area contributed by atoms with Crippen molar-refractivity contribution in [3.8, 4) is 0 Å². The Balaban J connectivity index is 2.25. The first kappa shape index (κ1) is 5.45. The third-order valence-electron chi connectivity index (χ3n) is 3.04. The number of rotatable bonds is 0. The van der Waals surface area contributed by atoms with Gasteiger partial charge < -0.3 is 0 Å². The summed E-state index contributed by atoms with van der Waals surface area (Å²) >= 11 is 0. The molecule has 0 spiro atoms. The second-order valence-electron chi connectivity index (χ2n) is 3.89. The van der Waals surface area contributed by atoms with E-state index in [1.807, 2.05) is 0 Å². The van der Waals surface area contributed by atoms with E-state index in [0.717, 1.165) is 18.4 Å². The van der Waals surface area contributed by atoms with Crippen molar-refractivity contribution in [3.05, 3.63) is 0 Å². The number of nitrogens with zero attached hydrogens (tertiary/aromatic N) is 1. The van der Waals surface area contributed by atoms with Gasteiger partial charge in [-0.2, -0.15) is 0 Å². The van der Waals surface area contributed by atoms with Gasteiger partial charge in [0.25, 0.3) is 0 Å². The molecule has 9 heavy (non-hydrogen) atoms. The lowest BCUT2D eigenvalue weighted by molar-refractivity contribution is 0.550. The van der Waals surface area contributed by atoms with Gasteiger partial charge in [-0.3, -0.25) is 4.99 Å². The molecule has 0 saturated heterocycles. The fourth-order valence-electron chi connectivity index (χ4n) is 2.26. The zero-order valence-electron chi connectivity index (χ0n) is 6.31. The first-order valence-corrected chi connectivity index (χ1v) is 3.65. The summed E-state index contributed by atoms with van der Waals surface area (Å²) in [5, 5.41) is 0. The van der Waals surface area contributed by atoms with Gasteiger partial charge in [-0.05, 0) is 18.3 Å². The van der Waals surface area contributed by atoms with Gasteiger partial charge in [0.05, 0.1) is 0 Å². The predicted octanol–water partition coefficient (Wildman–Crippen LogP) is 1.73. The van der Waals surface area contributed by atoms with E-state index in [9.17, 15) is 0 Å². The molecule has 50 valence electrons. The SMILES string of the molecule is CC1=NC[C@H]2[C@@H]1C2(C)C. The Morgan fingerprint density at radius 2 is 2.22 bits per heavy atom. The largest absolute Gasteiger partial charge is 0.294 e. The van der Waals surface area contributed by atoms with Crippen molar-refractivity contribution in [2.24, 2.45) is 22.2 Å². The molecular weight excluding hydrogens is 110 g/mol. The van der Waals surface area contributed by atoms with E-state index < -0.39 is 0 Å². The van der Waals surface area contributed by atoms with Crippen LogP contribution >= 0.6 is 0 Å². The number of hydrogen-bond acceptors (Lipinski definition) is 1. The van der Waals surface area contributed by atoms with Crippen molar-refractivity contribution >= 4 is 5.71 Å². The Labute approximate surface area is 56.2 Å². The molecule has 0 aromatic rings. The quantitative estimate of drug-likeness (QED) is 0.465. The topological polar surface area (TPSA) is 12.4 Å². The zero-order chi connectivity index (χ0) is 6.65. The lowest BCUT2D eigenvalue weighted by atomic mass is 10.1. The Morgan fingerprint density at radius 3 is 2.44 bits per heavy atom. The van der Waals surface area contributed by atoms with E-state index in [-0.39, 0.29) is 0 Å². The van der Waals surface area contributed by atoms with E-state index >= 15 is 0 Å². The van der Waals surface area contributed by atoms with Crippen molar-refractivity contribution < 1.29 is 0 Å². The molecule has 1 heterocycles. The van der Waals surface area contributed by atoms with Crippen LogP contribution in [0.3, 0.4) is 0 Å². The molecule has 1 saturated carbocycles. The van der Waals surface area contributed by atoms with Crippen LogP contribution in [0.1, 0.15) is 20.8 Å². The Kier molecular flexibility index (Phi) is 0.744. The van der Waals surface area contributed by atoms with E-state index in [0.29, 0.717) is 5.41 Å². The highest BCUT2D eigenvalue weighted by Crippen LogP contribution is 2.61. The average Bonchev–Trinajstić information content (AvgIpc) is 2.19. The molecule has 1 aliphatic carbocycles. The van der Waals surface area contributed by atoms with Gasteiger partial charge >= 0.3 is 0 Å². The lowest BCUT2D eigenvalue weighted by Gasteiger charge is -2.03. The molecule has 0 radical (unpaired) electrons. The summed E-state index contributed by atoms with van der Waals surface area (Å²) < 4.78 is 0. The molecule has 1 fully saturated rings. The van der Waals surface area contributed by atoms with Gasteiger partial charge in [-0.1, -0.05) is 13.8 Å². The minimum absolute atomic E-state index is 0.603. The number of fused-ring (bicyclic) bond motifs is 1. The number of hydrogen-bond donors (Lipinski definition) is 0. The molecule has 0 bridgehead atoms. The first-order chi connectivity index (χ1) is 4.14. The highest BCUT2D eigenvalue weighted by atomic mass is 14.9. The Morgan fingerprint density at radius 1 is 1.56 bits per heavy atom. The van der Waals surface area contributed by atoms with Gasteiger partial charge in [-0.25, -0.2) is 0 Å². The standard InChI is InChI=1S/C8H13N/c1-5-7-6(4-9-5)8(7,2)3/h6-7H,4H2,1-3H3/t6-,7+/m0/s1. The maximum absolute atomic E-state index is 4.38. The van der Waals surface area contributed by atoms with E-state index in [2.05, 4.69) is 25.8 Å². The van der Waals surface area contributed by atoms with Crippen molar-refractivity contribution in [2.45, 2.75) is 20.8 Å². The maximum Gasteiger partial charge on any atom is 0.0428 e. The second-order valence-corrected chi connectivity index (χ2v) is 3.89. The molecule has 2 aliphatic rings. The summed E-state index contributed by atoms with van der Waals surface area (Å²) in [6.07, 6.45) is 0. The summed E-state index contributed by atoms with van der Waals surface area (Å²) in [6.45, 7) is 7.96. The molecule has 1 aliphatic heterocycles. The summed E-state index contributed by atoms with van der Waals surface area (Å²) in [4.78, 5) is 4.38. The van der Waals surface area contributed by atoms with Gasteiger partial charge in [0.1, 0.15) is 0 Å². The lowest BCUT2D eigenvalue weighted by Crippen LogP contribution is -2.02. The normalized spacial score (nSPS) is 44.1. The summed E-state index contributed by atoms with van der Waals surface area (Å²) in [7, 11) is 0. The van der Waals surface area contributed by atoms with E-state index in [4.69, 9.17) is 0 Å². The third-order valence-corrected chi connectivity index (χ3v) is 3.04. The fourth-order valence-corrected chi connectivity index (χ4v) is 2.26. The molecule has 0 unspecified atom stereocenters. The van der Waals surface area contributed by atoms with Gasteiger partial charge in [0, 0.05) is 18.2 Å². The van der Waals surface area contributed by atoms with Crippen molar-refractivity contribution in [1.29, 1.82) is 0 Å². The van der Waals surface area contributed by atoms with Crippen molar-refractivity contribution in [1.82, 2.24) is 0 Å². The van der Waals surface area contributed by atoms with Gasteiger partial charge in [-0.15, -0.1) is 0 Å². The van der Waals surface area contributed by atoms with Crippen LogP contribution < -0.4 is 0 Å². The molecule has 0 aromatic carbocycles. The molecule has 2 rings (SSSR count). The average molecular weight is 123 g/mol. The maximum atomic E-state index is 4.38. The van der Waals surface area contributed by atoms with Crippen LogP contribution in [0, 0.1) is 17.3 Å². The molecule has 2 atom stereocenters. The first-order valence-electron chi connectivity index (χ1n) is 3.65. The van der Waals surface area contributed by atoms with E-state index in [1.54, 1.807) is 0 Å². The molecular formula is C8H13N. The number of aliphatic imine (C=N–C) groups is 1. The molecule has 1 heteroatoms. The molecule has 0 aromatic heterocycles. The smallest absolute Gasteiger partial charge is 0.0428 e. The minimum atomic E-state index is 0.603. The summed E-state index contributed by atoms with van der Waals surface area (Å²) in [6, 6.07) is 0. The van der Waals surface area contributed by atoms with Crippen LogP contribution in [0.15, 0.2) is 4.99 Å². The van der Waals surface area contributed by atoms with Gasteiger partial charge in [0.2, 0.25) is 0 Å². The van der Waals surface area contributed by atoms with Crippen LogP contribution in [-0.4, -0.2) is 12.3 Å². The monoisotopic (exact) mass is 123 g/mol. The predicted molar refractivity (Wildman–Crippen MR) is 38.7 cm³/mol. The van der Waals surface area contributed by atoms with E-state index in [1.165, 1.54) is 5.71 Å². The molecule has 0 N–H and O–H groups in total. The van der Waals surface area contributed by atoms with Crippen LogP contribution in [0.5, 0.6) is 0 Å². The highest BCUT2D eigenvalue weighted by molar-refractivity contribution is 5.90. The molecule has 1 nitrogen and oxygen atoms in total. The van der Waals surface area contributed by atoms with Crippen molar-refractivity contribution in [3.63, 3.8) is 0 Å². The van der Waals surface area contributed by atoms with Crippen LogP contribution in [-0.2, 0) is 0 Å². The third kappa shape index (κ3) is 0.480. The van der Waals surface area contributed by atoms with Crippen LogP contribution in [0.4, 0.5) is 0 Å². The molecule has 0 amide bonds. The van der Waals surface area contributed by atoms with Crippen LogP contribution in [0.2, 0.25) is 0 Å². The second kappa shape index (κ2) is 1.23. The Hall–Kier alpha value is -0.330. The highest BCUT2D eigenvalue weighted by Gasteiger charge is 2.61.